The van der Waals surface area contributed by atoms with Crippen LogP contribution in [0.2, 0.25) is 0 Å². The number of alkyl halides is 6. The molecule has 2 rings (SSSR count). The van der Waals surface area contributed by atoms with Crippen LogP contribution in [0.15, 0.2) is 58.0 Å². The maximum absolute atomic E-state index is 12.7. The molecular weight excluding hydrogens is 524 g/mol. The average Bonchev–Trinajstić information content (AvgIpc) is 2.63. The second kappa shape index (κ2) is 10.2. The second-order valence-electron chi connectivity index (χ2n) is 6.78. The molecule has 0 unspecified atom stereocenters. The van der Waals surface area contributed by atoms with E-state index in [1.54, 1.807) is 0 Å². The van der Waals surface area contributed by atoms with Gasteiger partial charge in [-0.25, -0.2) is 0 Å². The van der Waals surface area contributed by atoms with Gasteiger partial charge in [-0.15, -0.1) is 0 Å². The van der Waals surface area contributed by atoms with Gasteiger partial charge in [0.25, 0.3) is 0 Å². The van der Waals surface area contributed by atoms with Crippen LogP contribution < -0.4 is 8.92 Å². The van der Waals surface area contributed by atoms with Gasteiger partial charge < -0.3 is 0 Å². The van der Waals surface area contributed by atoms with Crippen LogP contribution in [-0.4, -0.2) is 29.9 Å². The Morgan fingerprint density at radius 1 is 0.793 bits per heavy atom. The van der Waals surface area contributed by atoms with E-state index in [-0.39, 0.29) is 29.9 Å². The van der Waals surface area contributed by atoms with E-state index < -0.39 is 23.5 Å². The molecule has 0 heterocycles. The first-order valence-electron chi connectivity index (χ1n) is 8.83. The minimum absolute atomic E-state index is 0.118. The van der Waals surface area contributed by atoms with Crippen molar-refractivity contribution in [1.29, 1.82) is 0 Å². The van der Waals surface area contributed by atoms with Crippen LogP contribution in [0, 0.1) is 5.92 Å². The van der Waals surface area contributed by atoms with Crippen molar-refractivity contribution in [2.24, 2.45) is 5.92 Å². The molecule has 0 spiro atoms. The van der Waals surface area contributed by atoms with E-state index in [0.717, 1.165) is 50.5 Å². The SMILES string of the molecule is CC(C)CC/C(=C\[Se]c1ccc(C(F)(F)F)cc1)[Se]c1ccc(C(F)(F)F)cc1. The fourth-order valence-corrected chi connectivity index (χ4v) is 6.53. The molecule has 0 saturated heterocycles. The van der Waals surface area contributed by atoms with Gasteiger partial charge in [0.05, 0.1) is 0 Å². The van der Waals surface area contributed by atoms with E-state index in [9.17, 15) is 26.3 Å². The van der Waals surface area contributed by atoms with Crippen molar-refractivity contribution < 1.29 is 26.3 Å². The predicted octanol–water partition coefficient (Wildman–Crippen LogP) is 5.36. The summed E-state index contributed by atoms with van der Waals surface area (Å²) in [4.78, 5) is 2.07. The van der Waals surface area contributed by atoms with Crippen LogP contribution >= 0.6 is 0 Å². The Labute approximate surface area is 179 Å². The fourth-order valence-electron chi connectivity index (χ4n) is 2.28. The Kier molecular flexibility index (Phi) is 8.47. The summed E-state index contributed by atoms with van der Waals surface area (Å²) in [5.41, 5.74) is -1.34. The van der Waals surface area contributed by atoms with Crippen LogP contribution in [0.5, 0.6) is 0 Å². The molecule has 0 amide bonds. The van der Waals surface area contributed by atoms with Gasteiger partial charge in [0.15, 0.2) is 0 Å². The van der Waals surface area contributed by atoms with Gasteiger partial charge in [-0.1, -0.05) is 0 Å². The zero-order valence-electron chi connectivity index (χ0n) is 15.8. The second-order valence-corrected chi connectivity index (χ2v) is 11.3. The van der Waals surface area contributed by atoms with Crippen LogP contribution in [0.4, 0.5) is 26.3 Å². The number of allylic oxidation sites excluding steroid dienone is 1. The molecular formula is C21H20F6Se2. The summed E-state index contributed by atoms with van der Waals surface area (Å²) in [6.07, 6.45) is -6.92. The summed E-state index contributed by atoms with van der Waals surface area (Å²) in [6, 6.07) is 10.4. The topological polar surface area (TPSA) is 0 Å². The van der Waals surface area contributed by atoms with E-state index in [1.807, 2.05) is 0 Å². The molecule has 0 N–H and O–H groups in total. The molecule has 2 aromatic carbocycles. The summed E-state index contributed by atoms with van der Waals surface area (Å²) in [5.74, 6) is 0.486. The van der Waals surface area contributed by atoms with Crippen LogP contribution in [0.1, 0.15) is 37.8 Å². The molecule has 0 radical (unpaired) electrons. The number of halogens is 6. The first kappa shape index (κ1) is 24.1. The van der Waals surface area contributed by atoms with Gasteiger partial charge in [0.2, 0.25) is 0 Å². The Balaban J connectivity index is 2.12. The third-order valence-corrected chi connectivity index (χ3v) is 8.94. The molecule has 0 saturated carbocycles. The monoisotopic (exact) mass is 546 g/mol. The molecule has 0 atom stereocenters. The van der Waals surface area contributed by atoms with Gasteiger partial charge in [-0.2, -0.15) is 0 Å². The molecule has 158 valence electrons. The normalized spacial score (nSPS) is 13.2. The van der Waals surface area contributed by atoms with E-state index >= 15 is 0 Å². The molecule has 0 aliphatic rings. The summed E-state index contributed by atoms with van der Waals surface area (Å²) >= 11 is -0.253. The molecule has 0 aliphatic heterocycles. The molecule has 8 heteroatoms. The van der Waals surface area contributed by atoms with E-state index in [2.05, 4.69) is 18.8 Å². The standard InChI is InChI=1S/C21H20F6Se2/c1-14(2)3-8-19(29-18-11-6-16(7-12-18)21(25,26)27)13-28-17-9-4-15(5-10-17)20(22,23)24/h4-7,9-14H,3,8H2,1-2H3/b19-13+. The minimum atomic E-state index is -4.35. The van der Waals surface area contributed by atoms with Gasteiger partial charge in [0, 0.05) is 0 Å². The first-order valence-corrected chi connectivity index (χ1v) is 12.4. The van der Waals surface area contributed by atoms with Crippen LogP contribution in [-0.2, 0) is 12.4 Å². The number of hydrogen-bond acceptors (Lipinski definition) is 0. The first-order chi connectivity index (χ1) is 13.4. The van der Waals surface area contributed by atoms with Crippen molar-refractivity contribution >= 4 is 38.8 Å². The summed E-state index contributed by atoms with van der Waals surface area (Å²) in [5, 5.41) is 0. The van der Waals surface area contributed by atoms with Crippen molar-refractivity contribution in [2.75, 3.05) is 0 Å². The Morgan fingerprint density at radius 2 is 1.24 bits per heavy atom. The predicted molar refractivity (Wildman–Crippen MR) is 106 cm³/mol. The molecule has 0 fully saturated rings. The molecule has 0 nitrogen and oxygen atoms in total. The number of hydrogen-bond donors (Lipinski definition) is 0. The summed E-state index contributed by atoms with van der Waals surface area (Å²) in [7, 11) is 0. The van der Waals surface area contributed by atoms with Crippen molar-refractivity contribution in [1.82, 2.24) is 0 Å². The zero-order chi connectivity index (χ0) is 21.7. The van der Waals surface area contributed by atoms with Crippen molar-refractivity contribution in [2.45, 2.75) is 39.0 Å². The number of benzene rings is 2. The quantitative estimate of drug-likeness (QED) is 0.326. The Hall–Kier alpha value is -1.20. The maximum atomic E-state index is 12.7. The summed E-state index contributed by atoms with van der Waals surface area (Å²) in [6.45, 7) is 4.20. The van der Waals surface area contributed by atoms with Crippen molar-refractivity contribution in [3.8, 4) is 0 Å². The molecule has 0 bridgehead atoms. The van der Waals surface area contributed by atoms with Gasteiger partial charge in [0.1, 0.15) is 0 Å². The van der Waals surface area contributed by atoms with Crippen LogP contribution in [0.3, 0.4) is 0 Å². The third-order valence-electron chi connectivity index (χ3n) is 3.91. The molecule has 2 aromatic rings. The Morgan fingerprint density at radius 3 is 1.66 bits per heavy atom. The Bertz CT molecular complexity index is 803. The van der Waals surface area contributed by atoms with Crippen LogP contribution in [0.25, 0.3) is 0 Å². The summed E-state index contributed by atoms with van der Waals surface area (Å²) < 4.78 is 79.1. The third kappa shape index (κ3) is 8.21. The molecule has 0 aromatic heterocycles. The van der Waals surface area contributed by atoms with Crippen molar-refractivity contribution in [3.05, 3.63) is 69.1 Å². The fraction of sp³-hybridized carbons (Fsp3) is 0.333. The van der Waals surface area contributed by atoms with E-state index in [4.69, 9.17) is 0 Å². The average molecular weight is 544 g/mol. The number of rotatable bonds is 7. The van der Waals surface area contributed by atoms with Gasteiger partial charge in [-0.05, 0) is 0 Å². The zero-order valence-corrected chi connectivity index (χ0v) is 19.2. The van der Waals surface area contributed by atoms with Gasteiger partial charge >= 0.3 is 179 Å². The molecule has 29 heavy (non-hydrogen) atoms. The van der Waals surface area contributed by atoms with E-state index in [0.29, 0.717) is 5.92 Å². The van der Waals surface area contributed by atoms with E-state index in [1.165, 1.54) is 24.3 Å². The van der Waals surface area contributed by atoms with Crippen molar-refractivity contribution in [3.63, 3.8) is 0 Å². The molecule has 0 aliphatic carbocycles. The van der Waals surface area contributed by atoms with Gasteiger partial charge in [-0.3, -0.25) is 0 Å².